The number of carbonyl (C=O) groups is 1. The maximum Gasteiger partial charge on any atom is 0.238 e. The van der Waals surface area contributed by atoms with Crippen LogP contribution in [0.3, 0.4) is 0 Å². The summed E-state index contributed by atoms with van der Waals surface area (Å²) in [5, 5.41) is 3.38. The van der Waals surface area contributed by atoms with Crippen molar-refractivity contribution in [1.82, 2.24) is 15.1 Å². The molecule has 21 heavy (non-hydrogen) atoms. The Hall–Kier alpha value is -1.39. The van der Waals surface area contributed by atoms with Crippen LogP contribution in [0.25, 0.3) is 0 Å². The van der Waals surface area contributed by atoms with Crippen LogP contribution in [0.4, 0.5) is 0 Å². The van der Waals surface area contributed by atoms with E-state index in [0.717, 1.165) is 25.9 Å². The molecule has 2 aliphatic rings. The van der Waals surface area contributed by atoms with Crippen molar-refractivity contribution >= 4 is 5.91 Å². The van der Waals surface area contributed by atoms with E-state index in [1.54, 1.807) is 0 Å². The van der Waals surface area contributed by atoms with Gasteiger partial charge in [0.15, 0.2) is 0 Å². The predicted octanol–water partition coefficient (Wildman–Crippen LogP) is 1.77. The van der Waals surface area contributed by atoms with Crippen molar-refractivity contribution in [2.75, 3.05) is 26.7 Å². The van der Waals surface area contributed by atoms with Crippen LogP contribution < -0.4 is 5.32 Å². The molecule has 0 aliphatic carbocycles. The minimum Gasteiger partial charge on any atom is -0.318 e. The van der Waals surface area contributed by atoms with Gasteiger partial charge < -0.3 is 9.80 Å². The average Bonchev–Trinajstić information content (AvgIpc) is 2.89. The first-order chi connectivity index (χ1) is 10.2. The van der Waals surface area contributed by atoms with E-state index < -0.39 is 0 Å². The molecular weight excluding hydrogens is 262 g/mol. The van der Waals surface area contributed by atoms with Gasteiger partial charge in [-0.25, -0.2) is 0 Å². The normalized spacial score (nSPS) is 27.3. The third kappa shape index (κ3) is 2.97. The number of amides is 1. The number of rotatable bonds is 3. The fraction of sp³-hybridized carbons (Fsp3) is 0.588. The maximum atomic E-state index is 12.3. The van der Waals surface area contributed by atoms with Gasteiger partial charge in [-0.3, -0.25) is 10.1 Å². The first-order valence-corrected chi connectivity index (χ1v) is 8.01. The molecule has 1 aromatic carbocycles. The lowest BCUT2D eigenvalue weighted by atomic mass is 10.0. The highest BCUT2D eigenvalue weighted by Crippen LogP contribution is 2.28. The third-order valence-corrected chi connectivity index (χ3v) is 4.71. The van der Waals surface area contributed by atoms with Crippen molar-refractivity contribution in [3.8, 4) is 0 Å². The summed E-state index contributed by atoms with van der Waals surface area (Å²) in [7, 11) is 2.14. The molecule has 1 N–H and O–H groups in total. The number of likely N-dealkylation sites (tertiary alicyclic amines) is 1. The summed E-state index contributed by atoms with van der Waals surface area (Å²) in [6, 6.07) is 9.00. The highest BCUT2D eigenvalue weighted by atomic mass is 16.2. The lowest BCUT2D eigenvalue weighted by molar-refractivity contribution is -0.131. The zero-order valence-electron chi connectivity index (χ0n) is 13.0. The molecule has 4 heteroatoms. The Morgan fingerprint density at radius 2 is 2.05 bits per heavy atom. The van der Waals surface area contributed by atoms with E-state index in [-0.39, 0.29) is 12.1 Å². The standard InChI is InChI=1S/C17H25N3O/c1-3-13-6-8-14(9-7-13)17-18-11-16(21)20(17)15-5-4-10-19(2)12-15/h6-9,15,17-18H,3-5,10-12H2,1-2H3. The molecular formula is C17H25N3O. The molecule has 2 heterocycles. The Morgan fingerprint density at radius 3 is 2.71 bits per heavy atom. The van der Waals surface area contributed by atoms with Crippen molar-refractivity contribution in [1.29, 1.82) is 0 Å². The summed E-state index contributed by atoms with van der Waals surface area (Å²) in [5.41, 5.74) is 2.54. The molecule has 3 rings (SSSR count). The monoisotopic (exact) mass is 287 g/mol. The van der Waals surface area contributed by atoms with E-state index in [9.17, 15) is 4.79 Å². The van der Waals surface area contributed by atoms with Crippen molar-refractivity contribution in [3.63, 3.8) is 0 Å². The number of carbonyl (C=O) groups excluding carboxylic acids is 1. The fourth-order valence-electron chi connectivity index (χ4n) is 3.51. The van der Waals surface area contributed by atoms with Crippen LogP contribution in [0.5, 0.6) is 0 Å². The smallest absolute Gasteiger partial charge is 0.238 e. The van der Waals surface area contributed by atoms with Gasteiger partial charge in [0.05, 0.1) is 6.54 Å². The number of aryl methyl sites for hydroxylation is 1. The first-order valence-electron chi connectivity index (χ1n) is 8.01. The molecule has 0 radical (unpaired) electrons. The first kappa shape index (κ1) is 14.5. The minimum atomic E-state index is 0.0416. The summed E-state index contributed by atoms with van der Waals surface area (Å²) >= 11 is 0. The number of hydrogen-bond acceptors (Lipinski definition) is 3. The molecule has 0 aromatic heterocycles. The maximum absolute atomic E-state index is 12.3. The Morgan fingerprint density at radius 1 is 1.29 bits per heavy atom. The quantitative estimate of drug-likeness (QED) is 0.920. The molecule has 0 saturated carbocycles. The SMILES string of the molecule is CCc1ccc(C2NCC(=O)N2C2CCCN(C)C2)cc1. The molecule has 2 fully saturated rings. The average molecular weight is 287 g/mol. The largest absolute Gasteiger partial charge is 0.318 e. The summed E-state index contributed by atoms with van der Waals surface area (Å²) in [5.74, 6) is 0.236. The minimum absolute atomic E-state index is 0.0416. The van der Waals surface area contributed by atoms with Crippen molar-refractivity contribution in [3.05, 3.63) is 35.4 Å². The number of nitrogens with zero attached hydrogens (tertiary/aromatic N) is 2. The summed E-state index contributed by atoms with van der Waals surface area (Å²) in [4.78, 5) is 16.7. The second kappa shape index (κ2) is 6.16. The second-order valence-electron chi connectivity index (χ2n) is 6.24. The van der Waals surface area contributed by atoms with Crippen LogP contribution >= 0.6 is 0 Å². The van der Waals surface area contributed by atoms with E-state index in [0.29, 0.717) is 12.6 Å². The topological polar surface area (TPSA) is 35.6 Å². The van der Waals surface area contributed by atoms with E-state index in [4.69, 9.17) is 0 Å². The molecule has 0 bridgehead atoms. The van der Waals surface area contributed by atoms with Gasteiger partial charge in [0.2, 0.25) is 5.91 Å². The Bertz CT molecular complexity index is 499. The van der Waals surface area contributed by atoms with E-state index in [1.165, 1.54) is 17.5 Å². The summed E-state index contributed by atoms with van der Waals surface area (Å²) in [6.07, 6.45) is 3.38. The predicted molar refractivity (Wildman–Crippen MR) is 83.9 cm³/mol. The van der Waals surface area contributed by atoms with Crippen molar-refractivity contribution < 1.29 is 4.79 Å². The van der Waals surface area contributed by atoms with Gasteiger partial charge in [0, 0.05) is 12.6 Å². The molecule has 2 saturated heterocycles. The van der Waals surface area contributed by atoms with Crippen LogP contribution in [-0.2, 0) is 11.2 Å². The van der Waals surface area contributed by atoms with E-state index in [1.807, 2.05) is 0 Å². The van der Waals surface area contributed by atoms with Crippen LogP contribution in [0.2, 0.25) is 0 Å². The molecule has 2 unspecified atom stereocenters. The molecule has 4 nitrogen and oxygen atoms in total. The summed E-state index contributed by atoms with van der Waals surface area (Å²) in [6.45, 7) is 4.75. The highest BCUT2D eigenvalue weighted by molar-refractivity contribution is 5.81. The molecule has 1 amide bonds. The van der Waals surface area contributed by atoms with Crippen LogP contribution in [-0.4, -0.2) is 48.4 Å². The molecule has 1 aromatic rings. The van der Waals surface area contributed by atoms with Crippen LogP contribution in [0.15, 0.2) is 24.3 Å². The van der Waals surface area contributed by atoms with Gasteiger partial charge in [-0.2, -0.15) is 0 Å². The fourth-order valence-corrected chi connectivity index (χ4v) is 3.51. The van der Waals surface area contributed by atoms with Gasteiger partial charge >= 0.3 is 0 Å². The molecule has 114 valence electrons. The third-order valence-electron chi connectivity index (χ3n) is 4.71. The lowest BCUT2D eigenvalue weighted by Crippen LogP contribution is -2.48. The van der Waals surface area contributed by atoms with Gasteiger partial charge in [0.1, 0.15) is 6.17 Å². The number of benzene rings is 1. The van der Waals surface area contributed by atoms with E-state index in [2.05, 4.69) is 53.4 Å². The number of hydrogen-bond donors (Lipinski definition) is 1. The lowest BCUT2D eigenvalue weighted by Gasteiger charge is -2.38. The number of piperidine rings is 1. The van der Waals surface area contributed by atoms with Gasteiger partial charge in [-0.1, -0.05) is 31.2 Å². The van der Waals surface area contributed by atoms with Gasteiger partial charge in [-0.15, -0.1) is 0 Å². The van der Waals surface area contributed by atoms with Crippen molar-refractivity contribution in [2.45, 2.75) is 38.4 Å². The second-order valence-corrected chi connectivity index (χ2v) is 6.24. The molecule has 0 spiro atoms. The highest BCUT2D eigenvalue weighted by Gasteiger charge is 2.37. The Balaban J connectivity index is 1.81. The van der Waals surface area contributed by atoms with Crippen LogP contribution in [0.1, 0.15) is 37.1 Å². The summed E-state index contributed by atoms with van der Waals surface area (Å²) < 4.78 is 0. The zero-order valence-corrected chi connectivity index (χ0v) is 13.0. The molecule has 2 atom stereocenters. The van der Waals surface area contributed by atoms with Gasteiger partial charge in [0.25, 0.3) is 0 Å². The Kier molecular flexibility index (Phi) is 4.27. The molecule has 2 aliphatic heterocycles. The Labute approximate surface area is 127 Å². The zero-order chi connectivity index (χ0) is 14.8. The number of likely N-dealkylation sites (N-methyl/N-ethyl adjacent to an activating group) is 1. The van der Waals surface area contributed by atoms with Gasteiger partial charge in [-0.05, 0) is 44.0 Å². The van der Waals surface area contributed by atoms with E-state index >= 15 is 0 Å². The van der Waals surface area contributed by atoms with Crippen LogP contribution in [0, 0.1) is 0 Å². The van der Waals surface area contributed by atoms with Crippen molar-refractivity contribution in [2.24, 2.45) is 0 Å². The number of nitrogens with one attached hydrogen (secondary N) is 1.